The first-order valence-corrected chi connectivity index (χ1v) is 7.11. The molecule has 0 unspecified atom stereocenters. The molecule has 8 heteroatoms. The topological polar surface area (TPSA) is 51.0 Å². The van der Waals surface area contributed by atoms with E-state index in [1.165, 1.54) is 21.7 Å². The van der Waals surface area contributed by atoms with Gasteiger partial charge in [0.25, 0.3) is 5.56 Å². The van der Waals surface area contributed by atoms with Crippen molar-refractivity contribution in [1.29, 1.82) is 0 Å². The van der Waals surface area contributed by atoms with Crippen LogP contribution in [0.25, 0.3) is 0 Å². The molecular weight excluding hydrogens is 309 g/mol. The Balaban J connectivity index is 2.04. The van der Waals surface area contributed by atoms with Crippen LogP contribution in [-0.2, 0) is 26.2 Å². The summed E-state index contributed by atoms with van der Waals surface area (Å²) in [7, 11) is 1.60. The average Bonchev–Trinajstić information content (AvgIpc) is 2.52. The van der Waals surface area contributed by atoms with Crippen molar-refractivity contribution in [1.82, 2.24) is 14.5 Å². The molecule has 0 saturated heterocycles. The number of pyridine rings is 1. The molecule has 0 aromatic carbocycles. The number of nitrogens with zero attached hydrogens (tertiary/aromatic N) is 4. The van der Waals surface area contributed by atoms with Crippen LogP contribution in [0.2, 0.25) is 0 Å². The molecule has 23 heavy (non-hydrogen) atoms. The molecule has 0 N–H and O–H groups in total. The van der Waals surface area contributed by atoms with Crippen molar-refractivity contribution < 1.29 is 13.2 Å². The van der Waals surface area contributed by atoms with E-state index in [0.717, 1.165) is 6.07 Å². The highest BCUT2D eigenvalue weighted by Crippen LogP contribution is 2.36. The Bertz CT molecular complexity index is 813. The summed E-state index contributed by atoms with van der Waals surface area (Å²) in [6.07, 6.45) is -2.74. The molecule has 3 rings (SSSR count). The standard InChI is InChI=1S/C15H15F3N4O/c1-9-20-12-5-7-22(8-10(12)14(23)21(9)2)13-11(15(16,17)18)4-3-6-19-13/h3-4,6H,5,7-8H2,1-2H3. The molecule has 0 amide bonds. The van der Waals surface area contributed by atoms with Crippen molar-refractivity contribution >= 4 is 5.82 Å². The monoisotopic (exact) mass is 324 g/mol. The van der Waals surface area contributed by atoms with E-state index in [4.69, 9.17) is 0 Å². The average molecular weight is 324 g/mol. The lowest BCUT2D eigenvalue weighted by molar-refractivity contribution is -0.137. The maximum atomic E-state index is 13.2. The number of fused-ring (bicyclic) bond motifs is 1. The van der Waals surface area contributed by atoms with E-state index in [0.29, 0.717) is 30.0 Å². The van der Waals surface area contributed by atoms with Crippen LogP contribution in [0.3, 0.4) is 0 Å². The summed E-state index contributed by atoms with van der Waals surface area (Å²) >= 11 is 0. The van der Waals surface area contributed by atoms with Crippen LogP contribution in [0.1, 0.15) is 22.6 Å². The lowest BCUT2D eigenvalue weighted by atomic mass is 10.1. The van der Waals surface area contributed by atoms with Gasteiger partial charge in [0.15, 0.2) is 0 Å². The van der Waals surface area contributed by atoms with E-state index in [1.54, 1.807) is 14.0 Å². The molecule has 0 atom stereocenters. The third kappa shape index (κ3) is 2.69. The number of rotatable bonds is 1. The predicted molar refractivity (Wildman–Crippen MR) is 78.2 cm³/mol. The molecular formula is C15H15F3N4O. The number of aryl methyl sites for hydroxylation is 1. The summed E-state index contributed by atoms with van der Waals surface area (Å²) in [6, 6.07) is 2.26. The Kier molecular flexibility index (Phi) is 3.62. The summed E-state index contributed by atoms with van der Waals surface area (Å²) in [5.41, 5.74) is 0.0801. The number of anilines is 1. The highest BCUT2D eigenvalue weighted by molar-refractivity contribution is 5.50. The lowest BCUT2D eigenvalue weighted by Gasteiger charge is -2.30. The Morgan fingerprint density at radius 1 is 1.30 bits per heavy atom. The third-order valence-corrected chi connectivity index (χ3v) is 4.05. The smallest absolute Gasteiger partial charge is 0.351 e. The third-order valence-electron chi connectivity index (χ3n) is 4.05. The lowest BCUT2D eigenvalue weighted by Crippen LogP contribution is -2.39. The van der Waals surface area contributed by atoms with Gasteiger partial charge in [-0.25, -0.2) is 9.97 Å². The van der Waals surface area contributed by atoms with Gasteiger partial charge in [-0.05, 0) is 19.1 Å². The molecule has 2 aromatic rings. The zero-order valence-electron chi connectivity index (χ0n) is 12.7. The van der Waals surface area contributed by atoms with Crippen LogP contribution < -0.4 is 10.5 Å². The van der Waals surface area contributed by atoms with E-state index in [-0.39, 0.29) is 17.9 Å². The second-order valence-electron chi connectivity index (χ2n) is 5.49. The molecule has 122 valence electrons. The number of hydrogen-bond acceptors (Lipinski definition) is 4. The van der Waals surface area contributed by atoms with Gasteiger partial charge in [0, 0.05) is 26.2 Å². The normalized spacial score (nSPS) is 14.7. The van der Waals surface area contributed by atoms with Gasteiger partial charge in [0.05, 0.1) is 23.4 Å². The zero-order valence-corrected chi connectivity index (χ0v) is 12.7. The Labute approximate surface area is 130 Å². The number of halogens is 3. The van der Waals surface area contributed by atoms with Crippen molar-refractivity contribution in [3.05, 3.63) is 51.3 Å². The van der Waals surface area contributed by atoms with Gasteiger partial charge in [-0.3, -0.25) is 9.36 Å². The maximum Gasteiger partial charge on any atom is 0.419 e. The minimum absolute atomic E-state index is 0.0788. The van der Waals surface area contributed by atoms with Crippen LogP contribution in [0, 0.1) is 6.92 Å². The minimum Gasteiger partial charge on any atom is -0.351 e. The Morgan fingerprint density at radius 2 is 2.04 bits per heavy atom. The fraction of sp³-hybridized carbons (Fsp3) is 0.400. The number of hydrogen-bond donors (Lipinski definition) is 0. The van der Waals surface area contributed by atoms with E-state index in [1.807, 2.05) is 0 Å². The zero-order chi connectivity index (χ0) is 16.8. The molecule has 0 saturated carbocycles. The summed E-state index contributed by atoms with van der Waals surface area (Å²) in [5, 5.41) is 0. The second kappa shape index (κ2) is 5.36. The Hall–Kier alpha value is -2.38. The van der Waals surface area contributed by atoms with Crippen molar-refractivity contribution in [2.24, 2.45) is 7.05 Å². The molecule has 0 bridgehead atoms. The van der Waals surface area contributed by atoms with Gasteiger partial charge >= 0.3 is 6.18 Å². The first-order valence-electron chi connectivity index (χ1n) is 7.11. The second-order valence-corrected chi connectivity index (χ2v) is 5.49. The molecule has 0 aliphatic carbocycles. The number of aromatic nitrogens is 3. The summed E-state index contributed by atoms with van der Waals surface area (Å²) in [6.45, 7) is 2.15. The molecule has 0 radical (unpaired) electrons. The van der Waals surface area contributed by atoms with Gasteiger partial charge in [-0.1, -0.05) is 0 Å². The van der Waals surface area contributed by atoms with Crippen LogP contribution in [0.5, 0.6) is 0 Å². The maximum absolute atomic E-state index is 13.2. The molecule has 1 aliphatic heterocycles. The Morgan fingerprint density at radius 3 is 2.74 bits per heavy atom. The highest BCUT2D eigenvalue weighted by atomic mass is 19.4. The molecule has 0 fully saturated rings. The van der Waals surface area contributed by atoms with Crippen LogP contribution in [0.15, 0.2) is 23.1 Å². The van der Waals surface area contributed by atoms with Gasteiger partial charge in [0.2, 0.25) is 0 Å². The van der Waals surface area contributed by atoms with Crippen molar-refractivity contribution in [3.8, 4) is 0 Å². The summed E-state index contributed by atoms with van der Waals surface area (Å²) in [5.74, 6) is 0.448. The van der Waals surface area contributed by atoms with E-state index < -0.39 is 11.7 Å². The van der Waals surface area contributed by atoms with Crippen molar-refractivity contribution in [2.75, 3.05) is 11.4 Å². The highest BCUT2D eigenvalue weighted by Gasteiger charge is 2.36. The number of alkyl halides is 3. The molecule has 0 spiro atoms. The van der Waals surface area contributed by atoms with Crippen LogP contribution in [0.4, 0.5) is 19.0 Å². The fourth-order valence-corrected chi connectivity index (χ4v) is 2.74. The van der Waals surface area contributed by atoms with Gasteiger partial charge in [-0.2, -0.15) is 13.2 Å². The summed E-state index contributed by atoms with van der Waals surface area (Å²) in [4.78, 5) is 22.1. The van der Waals surface area contributed by atoms with Gasteiger partial charge in [-0.15, -0.1) is 0 Å². The van der Waals surface area contributed by atoms with Gasteiger partial charge in [0.1, 0.15) is 11.6 Å². The first kappa shape index (κ1) is 15.5. The van der Waals surface area contributed by atoms with Crippen LogP contribution in [-0.4, -0.2) is 21.1 Å². The quantitative estimate of drug-likeness (QED) is 0.806. The molecule has 5 nitrogen and oxygen atoms in total. The van der Waals surface area contributed by atoms with E-state index >= 15 is 0 Å². The van der Waals surface area contributed by atoms with E-state index in [9.17, 15) is 18.0 Å². The first-order chi connectivity index (χ1) is 10.8. The molecule has 3 heterocycles. The summed E-state index contributed by atoms with van der Waals surface area (Å²) < 4.78 is 40.9. The molecule has 2 aromatic heterocycles. The predicted octanol–water partition coefficient (Wildman–Crippen LogP) is 2.07. The van der Waals surface area contributed by atoms with Crippen molar-refractivity contribution in [3.63, 3.8) is 0 Å². The van der Waals surface area contributed by atoms with Gasteiger partial charge < -0.3 is 4.90 Å². The van der Waals surface area contributed by atoms with E-state index in [2.05, 4.69) is 9.97 Å². The van der Waals surface area contributed by atoms with Crippen LogP contribution >= 0.6 is 0 Å². The largest absolute Gasteiger partial charge is 0.419 e. The van der Waals surface area contributed by atoms with Crippen molar-refractivity contribution in [2.45, 2.75) is 26.1 Å². The fourth-order valence-electron chi connectivity index (χ4n) is 2.74. The minimum atomic E-state index is -4.49. The SMILES string of the molecule is Cc1nc2c(c(=O)n1C)CN(c1ncccc1C(F)(F)F)CC2. The molecule has 1 aliphatic rings.